The van der Waals surface area contributed by atoms with Crippen molar-refractivity contribution in [2.45, 2.75) is 6.54 Å². The highest BCUT2D eigenvalue weighted by atomic mass is 16.5. The van der Waals surface area contributed by atoms with Crippen LogP contribution in [0.4, 0.5) is 0 Å². The van der Waals surface area contributed by atoms with Gasteiger partial charge in [0, 0.05) is 24.7 Å². The van der Waals surface area contributed by atoms with Gasteiger partial charge in [-0.05, 0) is 24.3 Å². The van der Waals surface area contributed by atoms with E-state index in [1.54, 1.807) is 31.4 Å². The molecule has 1 amide bonds. The van der Waals surface area contributed by atoms with Gasteiger partial charge >= 0.3 is 0 Å². The maximum absolute atomic E-state index is 12.2. The third kappa shape index (κ3) is 5.20. The van der Waals surface area contributed by atoms with Crippen LogP contribution < -0.4 is 20.3 Å². The van der Waals surface area contributed by atoms with E-state index in [-0.39, 0.29) is 18.1 Å². The molecule has 0 saturated heterocycles. The second-order valence-corrected chi connectivity index (χ2v) is 5.99. The standard InChI is InChI=1S/C21H21N3O4/c1-27-17-7-9-18(10-8-17)28-14-20(25)22-11-12-24-15-23-19(13-21(24)26)16-5-3-2-4-6-16/h2-10,13,15H,11-12,14H2,1H3,(H,22,25). The van der Waals surface area contributed by atoms with Crippen LogP contribution in [0, 0.1) is 0 Å². The minimum Gasteiger partial charge on any atom is -0.497 e. The Bertz CT molecular complexity index is 969. The summed E-state index contributed by atoms with van der Waals surface area (Å²) >= 11 is 0. The van der Waals surface area contributed by atoms with Gasteiger partial charge in [0.05, 0.1) is 19.1 Å². The average molecular weight is 379 g/mol. The van der Waals surface area contributed by atoms with Gasteiger partial charge in [-0.25, -0.2) is 4.98 Å². The highest BCUT2D eigenvalue weighted by Crippen LogP contribution is 2.16. The van der Waals surface area contributed by atoms with Crippen molar-refractivity contribution in [1.82, 2.24) is 14.9 Å². The molecule has 1 N–H and O–H groups in total. The van der Waals surface area contributed by atoms with Crippen molar-refractivity contribution in [2.24, 2.45) is 0 Å². The van der Waals surface area contributed by atoms with Gasteiger partial charge < -0.3 is 14.8 Å². The first-order valence-corrected chi connectivity index (χ1v) is 8.81. The Labute approximate surface area is 162 Å². The molecule has 0 radical (unpaired) electrons. The maximum atomic E-state index is 12.2. The van der Waals surface area contributed by atoms with Gasteiger partial charge in [0.1, 0.15) is 11.5 Å². The van der Waals surface area contributed by atoms with E-state index < -0.39 is 0 Å². The third-order valence-electron chi connectivity index (χ3n) is 4.05. The fraction of sp³-hybridized carbons (Fsp3) is 0.190. The van der Waals surface area contributed by atoms with Crippen molar-refractivity contribution in [3.05, 3.63) is 77.3 Å². The van der Waals surface area contributed by atoms with Gasteiger partial charge in [-0.3, -0.25) is 14.2 Å². The molecule has 1 heterocycles. The lowest BCUT2D eigenvalue weighted by Crippen LogP contribution is -2.33. The zero-order chi connectivity index (χ0) is 19.8. The highest BCUT2D eigenvalue weighted by Gasteiger charge is 2.05. The monoisotopic (exact) mass is 379 g/mol. The van der Waals surface area contributed by atoms with E-state index in [4.69, 9.17) is 9.47 Å². The molecule has 0 aliphatic rings. The van der Waals surface area contributed by atoms with Crippen LogP contribution in [0.25, 0.3) is 11.3 Å². The van der Waals surface area contributed by atoms with Gasteiger partial charge in [-0.2, -0.15) is 0 Å². The molecule has 1 aromatic heterocycles. The number of nitrogens with zero attached hydrogens (tertiary/aromatic N) is 2. The van der Waals surface area contributed by atoms with Crippen molar-refractivity contribution < 1.29 is 14.3 Å². The van der Waals surface area contributed by atoms with E-state index >= 15 is 0 Å². The van der Waals surface area contributed by atoms with E-state index in [1.807, 2.05) is 30.3 Å². The van der Waals surface area contributed by atoms with Crippen LogP contribution in [0.15, 0.2) is 71.8 Å². The van der Waals surface area contributed by atoms with Crippen molar-refractivity contribution in [3.8, 4) is 22.8 Å². The Morgan fingerprint density at radius 3 is 2.46 bits per heavy atom. The van der Waals surface area contributed by atoms with Crippen molar-refractivity contribution >= 4 is 5.91 Å². The molecule has 7 nitrogen and oxygen atoms in total. The van der Waals surface area contributed by atoms with E-state index in [0.29, 0.717) is 30.3 Å². The van der Waals surface area contributed by atoms with E-state index in [0.717, 1.165) is 5.56 Å². The number of hydrogen-bond acceptors (Lipinski definition) is 5. The van der Waals surface area contributed by atoms with Crippen LogP contribution >= 0.6 is 0 Å². The number of carbonyl (C=O) groups is 1. The summed E-state index contributed by atoms with van der Waals surface area (Å²) in [5.74, 6) is 1.03. The smallest absolute Gasteiger partial charge is 0.258 e. The summed E-state index contributed by atoms with van der Waals surface area (Å²) in [7, 11) is 1.58. The molecule has 3 rings (SSSR count). The zero-order valence-corrected chi connectivity index (χ0v) is 15.5. The molecule has 3 aromatic rings. The van der Waals surface area contributed by atoms with Crippen LogP contribution in [-0.2, 0) is 11.3 Å². The summed E-state index contributed by atoms with van der Waals surface area (Å²) in [5.41, 5.74) is 1.34. The molecule has 0 fully saturated rings. The number of hydrogen-bond donors (Lipinski definition) is 1. The number of methoxy groups -OCH3 is 1. The van der Waals surface area contributed by atoms with Crippen LogP contribution in [0.1, 0.15) is 0 Å². The zero-order valence-electron chi connectivity index (χ0n) is 15.5. The average Bonchev–Trinajstić information content (AvgIpc) is 2.74. The molecule has 0 bridgehead atoms. The van der Waals surface area contributed by atoms with E-state index in [1.165, 1.54) is 17.0 Å². The normalized spacial score (nSPS) is 10.3. The number of amides is 1. The first kappa shape index (κ1) is 19.2. The molecule has 0 unspecified atom stereocenters. The lowest BCUT2D eigenvalue weighted by atomic mass is 10.1. The lowest BCUT2D eigenvalue weighted by molar-refractivity contribution is -0.123. The van der Waals surface area contributed by atoms with Crippen LogP contribution in [0.3, 0.4) is 0 Å². The van der Waals surface area contributed by atoms with Gasteiger partial charge in [0.2, 0.25) is 0 Å². The molecule has 0 aliphatic heterocycles. The SMILES string of the molecule is COc1ccc(OCC(=O)NCCn2cnc(-c3ccccc3)cc2=O)cc1. The number of nitrogens with one attached hydrogen (secondary N) is 1. The fourth-order valence-electron chi connectivity index (χ4n) is 2.55. The number of ether oxygens (including phenoxy) is 2. The Kier molecular flexibility index (Phi) is 6.41. The van der Waals surface area contributed by atoms with Crippen LogP contribution in [0.2, 0.25) is 0 Å². The van der Waals surface area contributed by atoms with Gasteiger partial charge in [-0.15, -0.1) is 0 Å². The molecule has 0 atom stereocenters. The Morgan fingerprint density at radius 2 is 1.79 bits per heavy atom. The largest absolute Gasteiger partial charge is 0.497 e. The molecule has 0 saturated carbocycles. The molecular weight excluding hydrogens is 358 g/mol. The highest BCUT2D eigenvalue weighted by molar-refractivity contribution is 5.77. The number of benzene rings is 2. The second kappa shape index (κ2) is 9.36. The Morgan fingerprint density at radius 1 is 1.07 bits per heavy atom. The van der Waals surface area contributed by atoms with E-state index in [9.17, 15) is 9.59 Å². The predicted octanol–water partition coefficient (Wildman–Crippen LogP) is 2.11. The van der Waals surface area contributed by atoms with Crippen molar-refractivity contribution in [1.29, 1.82) is 0 Å². The fourth-order valence-corrected chi connectivity index (χ4v) is 2.55. The number of carbonyl (C=O) groups excluding carboxylic acids is 1. The summed E-state index contributed by atoms with van der Waals surface area (Å²) < 4.78 is 11.9. The third-order valence-corrected chi connectivity index (χ3v) is 4.05. The quantitative estimate of drug-likeness (QED) is 0.648. The second-order valence-electron chi connectivity index (χ2n) is 5.99. The topological polar surface area (TPSA) is 82.4 Å². The Hall–Kier alpha value is -3.61. The van der Waals surface area contributed by atoms with E-state index in [2.05, 4.69) is 10.3 Å². The van der Waals surface area contributed by atoms with Crippen LogP contribution in [0.5, 0.6) is 11.5 Å². The predicted molar refractivity (Wildman–Crippen MR) is 105 cm³/mol. The first-order chi connectivity index (χ1) is 13.7. The molecule has 0 aliphatic carbocycles. The van der Waals surface area contributed by atoms with Crippen molar-refractivity contribution in [2.75, 3.05) is 20.3 Å². The summed E-state index contributed by atoms with van der Waals surface area (Å²) in [5, 5.41) is 2.72. The summed E-state index contributed by atoms with van der Waals surface area (Å²) in [6.07, 6.45) is 1.49. The summed E-state index contributed by atoms with van der Waals surface area (Å²) in [6, 6.07) is 18.0. The van der Waals surface area contributed by atoms with Gasteiger partial charge in [0.25, 0.3) is 11.5 Å². The van der Waals surface area contributed by atoms with Crippen molar-refractivity contribution in [3.63, 3.8) is 0 Å². The van der Waals surface area contributed by atoms with Crippen LogP contribution in [-0.4, -0.2) is 35.7 Å². The minimum atomic E-state index is -0.266. The number of rotatable bonds is 8. The molecule has 0 spiro atoms. The maximum Gasteiger partial charge on any atom is 0.258 e. The molecule has 2 aromatic carbocycles. The molecule has 28 heavy (non-hydrogen) atoms. The summed E-state index contributed by atoms with van der Waals surface area (Å²) in [6.45, 7) is 0.526. The van der Waals surface area contributed by atoms with Gasteiger partial charge in [0.15, 0.2) is 6.61 Å². The minimum absolute atomic E-state index is 0.105. The Balaban J connectivity index is 1.46. The molecule has 7 heteroatoms. The molecule has 144 valence electrons. The molecular formula is C21H21N3O4. The number of aromatic nitrogens is 2. The first-order valence-electron chi connectivity index (χ1n) is 8.81. The lowest BCUT2D eigenvalue weighted by Gasteiger charge is -2.09. The summed E-state index contributed by atoms with van der Waals surface area (Å²) in [4.78, 5) is 28.4. The van der Waals surface area contributed by atoms with Gasteiger partial charge in [-0.1, -0.05) is 30.3 Å².